The van der Waals surface area contributed by atoms with Crippen molar-refractivity contribution in [3.8, 4) is 17.2 Å². The van der Waals surface area contributed by atoms with Gasteiger partial charge in [-0.3, -0.25) is 9.10 Å². The molecule has 0 fully saturated rings. The zero-order valence-electron chi connectivity index (χ0n) is 17.5. The zero-order chi connectivity index (χ0) is 22.3. The Morgan fingerprint density at radius 3 is 2.17 bits per heavy atom. The second-order valence-corrected chi connectivity index (χ2v) is 8.18. The highest BCUT2D eigenvalue weighted by Gasteiger charge is 2.21. The van der Waals surface area contributed by atoms with Crippen molar-refractivity contribution in [2.45, 2.75) is 6.92 Å². The summed E-state index contributed by atoms with van der Waals surface area (Å²) in [6.07, 6.45) is 1.03. The van der Waals surface area contributed by atoms with Crippen LogP contribution in [0.15, 0.2) is 47.6 Å². The molecule has 162 valence electrons. The second-order valence-electron chi connectivity index (χ2n) is 6.27. The smallest absolute Gasteiger partial charge is 0.260 e. The lowest BCUT2D eigenvalue weighted by molar-refractivity contribution is -0.119. The highest BCUT2D eigenvalue weighted by molar-refractivity contribution is 7.92. The summed E-state index contributed by atoms with van der Waals surface area (Å²) in [5.41, 5.74) is 3.95. The highest BCUT2D eigenvalue weighted by atomic mass is 32.2. The molecule has 0 heterocycles. The van der Waals surface area contributed by atoms with E-state index in [1.165, 1.54) is 21.3 Å². The molecule has 0 saturated heterocycles. The number of nitrogens with one attached hydrogen (secondary N) is 1. The van der Waals surface area contributed by atoms with Crippen molar-refractivity contribution in [2.75, 3.05) is 38.4 Å². The van der Waals surface area contributed by atoms with Crippen molar-refractivity contribution < 1.29 is 27.4 Å². The molecule has 9 nitrogen and oxygen atoms in total. The monoisotopic (exact) mass is 435 g/mol. The number of hydrazone groups is 1. The fourth-order valence-corrected chi connectivity index (χ4v) is 3.44. The third-order valence-corrected chi connectivity index (χ3v) is 5.34. The number of ether oxygens (including phenoxy) is 3. The van der Waals surface area contributed by atoms with Crippen molar-refractivity contribution in [2.24, 2.45) is 5.10 Å². The van der Waals surface area contributed by atoms with Gasteiger partial charge in [0.25, 0.3) is 5.91 Å². The molecular formula is C20H25N3O6S. The summed E-state index contributed by atoms with van der Waals surface area (Å²) in [6.45, 7) is 1.28. The fourth-order valence-electron chi connectivity index (χ4n) is 2.59. The molecule has 0 aliphatic heterocycles. The number of amides is 1. The molecule has 2 aromatic carbocycles. The van der Waals surface area contributed by atoms with Gasteiger partial charge in [-0.25, -0.2) is 13.8 Å². The SMILES string of the molecule is COc1ccc(N(CC(=O)N/N=C(/C)c2ccc(OC)c(OC)c2)S(C)(=O)=O)cc1. The summed E-state index contributed by atoms with van der Waals surface area (Å²) in [5, 5.41) is 4.06. The molecule has 0 atom stereocenters. The van der Waals surface area contributed by atoms with Crippen LogP contribution in [0, 0.1) is 0 Å². The lowest BCUT2D eigenvalue weighted by Crippen LogP contribution is -2.39. The van der Waals surface area contributed by atoms with Gasteiger partial charge in [0.05, 0.1) is 39.0 Å². The summed E-state index contributed by atoms with van der Waals surface area (Å²) in [7, 11) is 0.882. The number of carbonyl (C=O) groups excluding carboxylic acids is 1. The molecule has 0 aromatic heterocycles. The van der Waals surface area contributed by atoms with Crippen LogP contribution in [0.5, 0.6) is 17.2 Å². The number of hydrogen-bond acceptors (Lipinski definition) is 7. The van der Waals surface area contributed by atoms with Crippen LogP contribution in [0.2, 0.25) is 0 Å². The van der Waals surface area contributed by atoms with Gasteiger partial charge in [-0.15, -0.1) is 0 Å². The summed E-state index contributed by atoms with van der Waals surface area (Å²) >= 11 is 0. The zero-order valence-corrected chi connectivity index (χ0v) is 18.3. The maximum Gasteiger partial charge on any atom is 0.260 e. The average Bonchev–Trinajstić information content (AvgIpc) is 2.74. The molecule has 30 heavy (non-hydrogen) atoms. The Labute approximate surface area is 176 Å². The van der Waals surface area contributed by atoms with Crippen molar-refractivity contribution in [1.82, 2.24) is 5.43 Å². The van der Waals surface area contributed by atoms with Crippen molar-refractivity contribution in [1.29, 1.82) is 0 Å². The first-order chi connectivity index (χ1) is 14.2. The summed E-state index contributed by atoms with van der Waals surface area (Å²) in [6, 6.07) is 11.6. The van der Waals surface area contributed by atoms with E-state index >= 15 is 0 Å². The molecule has 0 aliphatic rings. The predicted molar refractivity (Wildman–Crippen MR) is 115 cm³/mol. The minimum absolute atomic E-state index is 0.342. The number of benzene rings is 2. The molecular weight excluding hydrogens is 410 g/mol. The van der Waals surface area contributed by atoms with Crippen LogP contribution in [0.4, 0.5) is 5.69 Å². The highest BCUT2D eigenvalue weighted by Crippen LogP contribution is 2.27. The van der Waals surface area contributed by atoms with E-state index in [4.69, 9.17) is 14.2 Å². The molecule has 0 aliphatic carbocycles. The Bertz CT molecular complexity index is 1020. The first-order valence-electron chi connectivity index (χ1n) is 8.87. The molecule has 0 unspecified atom stereocenters. The third kappa shape index (κ3) is 5.86. The number of hydrogen-bond donors (Lipinski definition) is 1. The van der Waals surface area contributed by atoms with E-state index in [-0.39, 0.29) is 0 Å². The minimum Gasteiger partial charge on any atom is -0.497 e. The molecule has 2 aromatic rings. The second kappa shape index (κ2) is 9.97. The molecule has 0 spiro atoms. The first kappa shape index (κ1) is 23.0. The molecule has 0 saturated carbocycles. The number of anilines is 1. The Balaban J connectivity index is 2.15. The maximum atomic E-state index is 12.4. The molecule has 1 N–H and O–H groups in total. The first-order valence-corrected chi connectivity index (χ1v) is 10.7. The largest absolute Gasteiger partial charge is 0.497 e. The van der Waals surface area contributed by atoms with Crippen LogP contribution in [-0.4, -0.2) is 54.2 Å². The molecule has 1 amide bonds. The summed E-state index contributed by atoms with van der Waals surface area (Å²) < 4.78 is 40.8. The topological polar surface area (TPSA) is 107 Å². The summed E-state index contributed by atoms with van der Waals surface area (Å²) in [5.74, 6) is 1.09. The molecule has 2 rings (SSSR count). The van der Waals surface area contributed by atoms with Gasteiger partial charge in [-0.2, -0.15) is 5.10 Å². The fraction of sp³-hybridized carbons (Fsp3) is 0.300. The van der Waals surface area contributed by atoms with Gasteiger partial charge in [0.2, 0.25) is 10.0 Å². The van der Waals surface area contributed by atoms with E-state index in [2.05, 4.69) is 10.5 Å². The Hall–Kier alpha value is -3.27. The van der Waals surface area contributed by atoms with Gasteiger partial charge >= 0.3 is 0 Å². The maximum absolute atomic E-state index is 12.4. The molecule has 0 radical (unpaired) electrons. The van der Waals surface area contributed by atoms with Gasteiger partial charge in [-0.1, -0.05) is 0 Å². The number of methoxy groups -OCH3 is 3. The number of rotatable bonds is 9. The van der Waals surface area contributed by atoms with Crippen LogP contribution < -0.4 is 23.9 Å². The van der Waals surface area contributed by atoms with Gasteiger partial charge in [0, 0.05) is 5.56 Å². The predicted octanol–water partition coefficient (Wildman–Crippen LogP) is 2.02. The van der Waals surface area contributed by atoms with Gasteiger partial charge in [0.15, 0.2) is 11.5 Å². The Kier molecular flexibility index (Phi) is 7.65. The van der Waals surface area contributed by atoms with E-state index < -0.39 is 22.5 Å². The van der Waals surface area contributed by atoms with E-state index in [0.717, 1.165) is 10.6 Å². The van der Waals surface area contributed by atoms with E-state index in [9.17, 15) is 13.2 Å². The van der Waals surface area contributed by atoms with Crippen LogP contribution in [0.3, 0.4) is 0 Å². The van der Waals surface area contributed by atoms with Crippen LogP contribution in [-0.2, 0) is 14.8 Å². The lowest BCUT2D eigenvalue weighted by Gasteiger charge is -2.21. The average molecular weight is 436 g/mol. The number of carbonyl (C=O) groups is 1. The Morgan fingerprint density at radius 2 is 1.63 bits per heavy atom. The van der Waals surface area contributed by atoms with Crippen molar-refractivity contribution in [3.63, 3.8) is 0 Å². The third-order valence-electron chi connectivity index (χ3n) is 4.20. The number of sulfonamides is 1. The van der Waals surface area contributed by atoms with Crippen LogP contribution >= 0.6 is 0 Å². The van der Waals surface area contributed by atoms with Gasteiger partial charge < -0.3 is 14.2 Å². The van der Waals surface area contributed by atoms with Crippen LogP contribution in [0.25, 0.3) is 0 Å². The van der Waals surface area contributed by atoms with Crippen molar-refractivity contribution >= 4 is 27.3 Å². The molecule has 10 heteroatoms. The summed E-state index contributed by atoms with van der Waals surface area (Å²) in [4.78, 5) is 12.4. The number of nitrogens with zero attached hydrogens (tertiary/aromatic N) is 2. The van der Waals surface area contributed by atoms with Crippen LogP contribution in [0.1, 0.15) is 12.5 Å². The van der Waals surface area contributed by atoms with Gasteiger partial charge in [0.1, 0.15) is 12.3 Å². The van der Waals surface area contributed by atoms with E-state index in [0.29, 0.717) is 34.2 Å². The normalized spacial score (nSPS) is 11.6. The minimum atomic E-state index is -3.69. The quantitative estimate of drug-likeness (QED) is 0.477. The standard InChI is InChI=1S/C20H25N3O6S/c1-14(15-6-11-18(28-3)19(12-15)29-4)21-22-20(24)13-23(30(5,25)26)16-7-9-17(27-2)10-8-16/h6-12H,13H2,1-5H3,(H,22,24)/b21-14-. The van der Waals surface area contributed by atoms with Crippen molar-refractivity contribution in [3.05, 3.63) is 48.0 Å². The van der Waals surface area contributed by atoms with E-state index in [1.807, 2.05) is 0 Å². The van der Waals surface area contributed by atoms with E-state index in [1.54, 1.807) is 49.4 Å². The lowest BCUT2D eigenvalue weighted by atomic mass is 10.1. The molecule has 0 bridgehead atoms. The Morgan fingerprint density at radius 1 is 1.00 bits per heavy atom. The van der Waals surface area contributed by atoms with Gasteiger partial charge in [-0.05, 0) is 49.4 Å².